The second kappa shape index (κ2) is 6.00. The first-order chi connectivity index (χ1) is 9.93. The number of esters is 1. The molecule has 1 aliphatic heterocycles. The van der Waals surface area contributed by atoms with Crippen molar-refractivity contribution >= 4 is 40.1 Å². The average molecular weight is 312 g/mol. The van der Waals surface area contributed by atoms with Gasteiger partial charge in [-0.05, 0) is 6.92 Å². The molecule has 0 bridgehead atoms. The van der Waals surface area contributed by atoms with Gasteiger partial charge in [0.15, 0.2) is 5.13 Å². The van der Waals surface area contributed by atoms with Crippen molar-refractivity contribution in [2.24, 2.45) is 5.92 Å². The first-order valence-corrected chi connectivity index (χ1v) is 7.02. The second-order valence-electron chi connectivity index (χ2n) is 4.31. The van der Waals surface area contributed by atoms with E-state index in [-0.39, 0.29) is 36.3 Å². The van der Waals surface area contributed by atoms with Crippen molar-refractivity contribution < 1.29 is 29.0 Å². The lowest BCUT2D eigenvalue weighted by Crippen LogP contribution is -2.26. The highest BCUT2D eigenvalue weighted by molar-refractivity contribution is 7.14. The summed E-state index contributed by atoms with van der Waals surface area (Å²) in [7, 11) is 0. The quantitative estimate of drug-likeness (QED) is 0.473. The predicted octanol–water partition coefficient (Wildman–Crippen LogP) is 0.326. The van der Waals surface area contributed by atoms with Gasteiger partial charge in [-0.15, -0.1) is 11.3 Å². The molecule has 0 radical (unpaired) electrons. The molecule has 1 aliphatic rings. The SMILES string of the molecule is CCOC(=O)C(=O)c1csc(N2CC(C(=O)O)CC2=O)n1. The summed E-state index contributed by atoms with van der Waals surface area (Å²) < 4.78 is 4.58. The third-order valence-electron chi connectivity index (χ3n) is 2.89. The van der Waals surface area contributed by atoms with Crippen LogP contribution in [-0.4, -0.2) is 46.9 Å². The minimum absolute atomic E-state index is 0.00865. The van der Waals surface area contributed by atoms with Gasteiger partial charge in [-0.3, -0.25) is 19.3 Å². The van der Waals surface area contributed by atoms with Gasteiger partial charge in [0.2, 0.25) is 5.91 Å². The molecule has 0 spiro atoms. The van der Waals surface area contributed by atoms with E-state index in [1.807, 2.05) is 0 Å². The molecule has 8 nitrogen and oxygen atoms in total. The van der Waals surface area contributed by atoms with E-state index in [0.29, 0.717) is 0 Å². The third kappa shape index (κ3) is 3.07. The van der Waals surface area contributed by atoms with Crippen LogP contribution in [0.4, 0.5) is 5.13 Å². The number of anilines is 1. The van der Waals surface area contributed by atoms with Crippen molar-refractivity contribution in [1.29, 1.82) is 0 Å². The molecule has 1 N–H and O–H groups in total. The normalized spacial score (nSPS) is 17.9. The van der Waals surface area contributed by atoms with Crippen LogP contribution in [0.25, 0.3) is 0 Å². The lowest BCUT2D eigenvalue weighted by molar-refractivity contribution is -0.141. The summed E-state index contributed by atoms with van der Waals surface area (Å²) in [4.78, 5) is 50.8. The number of rotatable bonds is 5. The molecule has 2 rings (SSSR count). The van der Waals surface area contributed by atoms with E-state index in [9.17, 15) is 19.2 Å². The van der Waals surface area contributed by atoms with E-state index in [4.69, 9.17) is 5.11 Å². The van der Waals surface area contributed by atoms with Gasteiger partial charge in [0.25, 0.3) is 5.78 Å². The van der Waals surface area contributed by atoms with Gasteiger partial charge < -0.3 is 9.84 Å². The monoisotopic (exact) mass is 312 g/mol. The number of carbonyl (C=O) groups excluding carboxylic acids is 3. The fourth-order valence-electron chi connectivity index (χ4n) is 1.85. The standard InChI is InChI=1S/C12H12N2O6S/c1-2-20-11(19)9(16)7-5-21-12(13-7)14-4-6(10(17)18)3-8(14)15/h5-6H,2-4H2,1H3,(H,17,18). The van der Waals surface area contributed by atoms with Crippen LogP contribution >= 0.6 is 11.3 Å². The maximum absolute atomic E-state index is 11.8. The zero-order valence-electron chi connectivity index (χ0n) is 11.1. The molecule has 1 unspecified atom stereocenters. The Bertz CT molecular complexity index is 611. The number of hydrogen-bond acceptors (Lipinski definition) is 7. The molecule has 21 heavy (non-hydrogen) atoms. The van der Waals surface area contributed by atoms with Crippen molar-refractivity contribution in [3.8, 4) is 0 Å². The van der Waals surface area contributed by atoms with E-state index >= 15 is 0 Å². The second-order valence-corrected chi connectivity index (χ2v) is 5.15. The highest BCUT2D eigenvalue weighted by atomic mass is 32.1. The van der Waals surface area contributed by atoms with Crippen molar-refractivity contribution in [1.82, 2.24) is 4.98 Å². The molecular formula is C12H12N2O6S. The maximum Gasteiger partial charge on any atom is 0.381 e. The van der Waals surface area contributed by atoms with Crippen molar-refractivity contribution in [2.75, 3.05) is 18.1 Å². The van der Waals surface area contributed by atoms with Crippen LogP contribution in [0.2, 0.25) is 0 Å². The number of carboxylic acid groups (broad SMARTS) is 1. The molecule has 0 saturated carbocycles. The Kier molecular flexibility index (Phi) is 4.32. The van der Waals surface area contributed by atoms with Crippen LogP contribution in [0.15, 0.2) is 5.38 Å². The first-order valence-electron chi connectivity index (χ1n) is 6.14. The smallest absolute Gasteiger partial charge is 0.381 e. The lowest BCUT2D eigenvalue weighted by atomic mass is 10.1. The maximum atomic E-state index is 11.8. The Hall–Kier alpha value is -2.29. The molecule has 1 saturated heterocycles. The number of carboxylic acids is 1. The molecule has 1 aromatic heterocycles. The number of aromatic nitrogens is 1. The summed E-state index contributed by atoms with van der Waals surface area (Å²) in [5.74, 6) is -4.10. The molecule has 1 amide bonds. The predicted molar refractivity (Wildman–Crippen MR) is 71.2 cm³/mol. The van der Waals surface area contributed by atoms with Gasteiger partial charge in [0.05, 0.1) is 12.5 Å². The Balaban J connectivity index is 2.13. The third-order valence-corrected chi connectivity index (χ3v) is 3.75. The van der Waals surface area contributed by atoms with Crippen LogP contribution in [0, 0.1) is 5.92 Å². The first kappa shape index (κ1) is 15.1. The number of Topliss-reactive ketones (excluding diaryl/α,β-unsaturated/α-hetero) is 1. The molecule has 1 aromatic rings. The van der Waals surface area contributed by atoms with Crippen molar-refractivity contribution in [3.63, 3.8) is 0 Å². The number of amides is 1. The van der Waals surface area contributed by atoms with E-state index in [2.05, 4.69) is 9.72 Å². The van der Waals surface area contributed by atoms with Gasteiger partial charge in [-0.1, -0.05) is 0 Å². The van der Waals surface area contributed by atoms with Crippen LogP contribution in [0.5, 0.6) is 0 Å². The fourth-order valence-corrected chi connectivity index (χ4v) is 2.68. The van der Waals surface area contributed by atoms with Gasteiger partial charge in [-0.25, -0.2) is 9.78 Å². The number of nitrogens with zero attached hydrogens (tertiary/aromatic N) is 2. The van der Waals surface area contributed by atoms with E-state index in [0.717, 1.165) is 11.3 Å². The summed E-state index contributed by atoms with van der Waals surface area (Å²) in [6, 6.07) is 0. The minimum atomic E-state index is -1.05. The number of aliphatic carboxylic acids is 1. The molecular weight excluding hydrogens is 300 g/mol. The van der Waals surface area contributed by atoms with Crippen LogP contribution in [-0.2, 0) is 19.1 Å². The highest BCUT2D eigenvalue weighted by Gasteiger charge is 2.36. The topological polar surface area (TPSA) is 114 Å². The van der Waals surface area contributed by atoms with Crippen LogP contribution < -0.4 is 4.90 Å². The molecule has 0 aliphatic carbocycles. The van der Waals surface area contributed by atoms with Crippen molar-refractivity contribution in [3.05, 3.63) is 11.1 Å². The van der Waals surface area contributed by atoms with Gasteiger partial charge in [0.1, 0.15) is 5.69 Å². The molecule has 0 aromatic carbocycles. The molecule has 112 valence electrons. The van der Waals surface area contributed by atoms with Gasteiger partial charge in [-0.2, -0.15) is 0 Å². The number of hydrogen-bond donors (Lipinski definition) is 1. The largest absolute Gasteiger partial charge is 0.481 e. The molecule has 2 heterocycles. The Labute approximate surface area is 123 Å². The summed E-state index contributed by atoms with van der Waals surface area (Å²) >= 11 is 1.00. The Morgan fingerprint density at radius 1 is 1.52 bits per heavy atom. The zero-order chi connectivity index (χ0) is 15.6. The summed E-state index contributed by atoms with van der Waals surface area (Å²) in [5.41, 5.74) is -0.111. The molecule has 9 heteroatoms. The summed E-state index contributed by atoms with van der Waals surface area (Å²) in [6.07, 6.45) is -0.101. The van der Waals surface area contributed by atoms with Crippen LogP contribution in [0.3, 0.4) is 0 Å². The molecule has 1 fully saturated rings. The fraction of sp³-hybridized carbons (Fsp3) is 0.417. The van der Waals surface area contributed by atoms with Gasteiger partial charge in [0, 0.05) is 18.3 Å². The number of thiazole rings is 1. The highest BCUT2D eigenvalue weighted by Crippen LogP contribution is 2.28. The Morgan fingerprint density at radius 2 is 2.24 bits per heavy atom. The van der Waals surface area contributed by atoms with E-state index < -0.39 is 23.6 Å². The van der Waals surface area contributed by atoms with Crippen LogP contribution in [0.1, 0.15) is 23.8 Å². The van der Waals surface area contributed by atoms with Crippen molar-refractivity contribution in [2.45, 2.75) is 13.3 Å². The average Bonchev–Trinajstić information content (AvgIpc) is 3.04. The van der Waals surface area contributed by atoms with E-state index in [1.54, 1.807) is 6.92 Å². The molecule has 1 atom stereocenters. The number of ketones is 1. The van der Waals surface area contributed by atoms with Gasteiger partial charge >= 0.3 is 11.9 Å². The lowest BCUT2D eigenvalue weighted by Gasteiger charge is -2.11. The minimum Gasteiger partial charge on any atom is -0.481 e. The van der Waals surface area contributed by atoms with E-state index in [1.165, 1.54) is 10.3 Å². The number of carbonyl (C=O) groups is 4. The summed E-state index contributed by atoms with van der Waals surface area (Å²) in [6.45, 7) is 1.66. The summed E-state index contributed by atoms with van der Waals surface area (Å²) in [5, 5.41) is 10.5. The Morgan fingerprint density at radius 3 is 2.81 bits per heavy atom. The number of ether oxygens (including phenoxy) is 1. The zero-order valence-corrected chi connectivity index (χ0v) is 11.9.